The highest BCUT2D eigenvalue weighted by Crippen LogP contribution is 2.30. The van der Waals surface area contributed by atoms with Gasteiger partial charge in [0.2, 0.25) is 0 Å². The van der Waals surface area contributed by atoms with E-state index in [1.165, 1.54) is 24.3 Å². The molecule has 0 spiro atoms. The quantitative estimate of drug-likeness (QED) is 0.541. The molecule has 0 aliphatic heterocycles. The lowest BCUT2D eigenvalue weighted by atomic mass is 10.1. The highest BCUT2D eigenvalue weighted by Gasteiger charge is 2.30. The predicted octanol–water partition coefficient (Wildman–Crippen LogP) is 5.44. The standard InChI is InChI=1S/C22H17Cl2F3N2O2/c1-13-5-8-18(20(30)28-10-9-14-6-7-16(23)12-19(14)24)21(31)29(13)17-4-2-3-15(11-17)22(25,26)27/h2-8,11-12H,9-10H2,1H3,(H,28,30). The summed E-state index contributed by atoms with van der Waals surface area (Å²) in [7, 11) is 0. The van der Waals surface area contributed by atoms with Crippen LogP contribution >= 0.6 is 23.2 Å². The molecule has 31 heavy (non-hydrogen) atoms. The topological polar surface area (TPSA) is 51.1 Å². The van der Waals surface area contributed by atoms with Crippen molar-refractivity contribution in [3.63, 3.8) is 0 Å². The van der Waals surface area contributed by atoms with Crippen molar-refractivity contribution in [2.45, 2.75) is 19.5 Å². The molecule has 0 unspecified atom stereocenters. The van der Waals surface area contributed by atoms with Crippen LogP contribution in [0.15, 0.2) is 59.4 Å². The van der Waals surface area contributed by atoms with E-state index in [1.807, 2.05) is 0 Å². The lowest BCUT2D eigenvalue weighted by Gasteiger charge is -2.14. The van der Waals surface area contributed by atoms with Crippen LogP contribution in [0.2, 0.25) is 10.0 Å². The Hall–Kier alpha value is -2.77. The number of nitrogens with one attached hydrogen (secondary N) is 1. The van der Waals surface area contributed by atoms with Crippen molar-refractivity contribution in [3.05, 3.63) is 97.4 Å². The van der Waals surface area contributed by atoms with E-state index in [0.29, 0.717) is 22.2 Å². The van der Waals surface area contributed by atoms with Crippen molar-refractivity contribution in [2.24, 2.45) is 0 Å². The summed E-state index contributed by atoms with van der Waals surface area (Å²) in [6, 6.07) is 12.3. The van der Waals surface area contributed by atoms with Crippen molar-refractivity contribution >= 4 is 29.1 Å². The van der Waals surface area contributed by atoms with Gasteiger partial charge in [-0.25, -0.2) is 0 Å². The maximum absolute atomic E-state index is 13.1. The summed E-state index contributed by atoms with van der Waals surface area (Å²) in [5.41, 5.74) is -0.567. The zero-order chi connectivity index (χ0) is 22.8. The minimum absolute atomic E-state index is 0.0277. The molecule has 1 heterocycles. The number of nitrogens with zero attached hydrogens (tertiary/aromatic N) is 1. The fourth-order valence-electron chi connectivity index (χ4n) is 3.08. The van der Waals surface area contributed by atoms with E-state index in [0.717, 1.165) is 22.3 Å². The Bertz CT molecular complexity index is 1190. The SMILES string of the molecule is Cc1ccc(C(=O)NCCc2ccc(Cl)cc2Cl)c(=O)n1-c1cccc(C(F)(F)F)c1. The van der Waals surface area contributed by atoms with Crippen LogP contribution in [0.5, 0.6) is 0 Å². The Morgan fingerprint density at radius 3 is 2.48 bits per heavy atom. The van der Waals surface area contributed by atoms with Crippen molar-refractivity contribution in [1.29, 1.82) is 0 Å². The van der Waals surface area contributed by atoms with Gasteiger partial charge in [-0.15, -0.1) is 0 Å². The number of alkyl halides is 3. The van der Waals surface area contributed by atoms with Gasteiger partial charge in [-0.3, -0.25) is 14.2 Å². The minimum Gasteiger partial charge on any atom is -0.352 e. The predicted molar refractivity (Wildman–Crippen MR) is 114 cm³/mol. The average molecular weight is 469 g/mol. The van der Waals surface area contributed by atoms with E-state index in [-0.39, 0.29) is 17.8 Å². The third kappa shape index (κ3) is 5.29. The first-order valence-electron chi connectivity index (χ1n) is 9.20. The first-order chi connectivity index (χ1) is 14.6. The van der Waals surface area contributed by atoms with Gasteiger partial charge >= 0.3 is 6.18 Å². The van der Waals surface area contributed by atoms with Crippen LogP contribution < -0.4 is 10.9 Å². The summed E-state index contributed by atoms with van der Waals surface area (Å²) in [4.78, 5) is 25.5. The number of amides is 1. The molecule has 0 atom stereocenters. The highest BCUT2D eigenvalue weighted by molar-refractivity contribution is 6.35. The number of benzene rings is 2. The molecule has 162 valence electrons. The largest absolute Gasteiger partial charge is 0.416 e. The summed E-state index contributed by atoms with van der Waals surface area (Å²) in [5.74, 6) is -0.629. The number of hydrogen-bond acceptors (Lipinski definition) is 2. The van der Waals surface area contributed by atoms with E-state index in [2.05, 4.69) is 5.32 Å². The second kappa shape index (κ2) is 9.16. The third-order valence-corrected chi connectivity index (χ3v) is 5.24. The average Bonchev–Trinajstić information content (AvgIpc) is 2.69. The molecule has 0 aliphatic carbocycles. The lowest BCUT2D eigenvalue weighted by molar-refractivity contribution is -0.137. The van der Waals surface area contributed by atoms with Crippen LogP contribution in [-0.4, -0.2) is 17.0 Å². The molecule has 0 fully saturated rings. The Kier molecular flexibility index (Phi) is 6.77. The van der Waals surface area contributed by atoms with E-state index in [9.17, 15) is 22.8 Å². The second-order valence-corrected chi connectivity index (χ2v) is 7.66. The lowest BCUT2D eigenvalue weighted by Crippen LogP contribution is -2.34. The van der Waals surface area contributed by atoms with Gasteiger partial charge in [0.15, 0.2) is 0 Å². The maximum atomic E-state index is 13.1. The number of carbonyl (C=O) groups excluding carboxylic acids is 1. The second-order valence-electron chi connectivity index (χ2n) is 6.82. The zero-order valence-electron chi connectivity index (χ0n) is 16.3. The van der Waals surface area contributed by atoms with E-state index in [1.54, 1.807) is 25.1 Å². The molecule has 1 N–H and O–H groups in total. The molecule has 0 saturated carbocycles. The molecule has 1 aromatic heterocycles. The van der Waals surface area contributed by atoms with Crippen LogP contribution in [0, 0.1) is 6.92 Å². The maximum Gasteiger partial charge on any atom is 0.416 e. The number of carbonyl (C=O) groups is 1. The number of aryl methyl sites for hydroxylation is 1. The van der Waals surface area contributed by atoms with Gasteiger partial charge in [-0.05, 0) is 61.4 Å². The number of hydrogen-bond donors (Lipinski definition) is 1. The van der Waals surface area contributed by atoms with Crippen LogP contribution in [0.25, 0.3) is 5.69 Å². The van der Waals surface area contributed by atoms with Crippen molar-refractivity contribution in [1.82, 2.24) is 9.88 Å². The van der Waals surface area contributed by atoms with E-state index < -0.39 is 23.2 Å². The number of halogens is 5. The van der Waals surface area contributed by atoms with Crippen LogP contribution in [0.4, 0.5) is 13.2 Å². The third-order valence-electron chi connectivity index (χ3n) is 4.65. The van der Waals surface area contributed by atoms with E-state index in [4.69, 9.17) is 23.2 Å². The fourth-order valence-corrected chi connectivity index (χ4v) is 3.58. The molecular weight excluding hydrogens is 452 g/mol. The first kappa shape index (κ1) is 22.9. The van der Waals surface area contributed by atoms with Gasteiger partial charge in [-0.2, -0.15) is 13.2 Å². The van der Waals surface area contributed by atoms with E-state index >= 15 is 0 Å². The molecule has 0 bridgehead atoms. The molecular formula is C22H17Cl2F3N2O2. The highest BCUT2D eigenvalue weighted by atomic mass is 35.5. The summed E-state index contributed by atoms with van der Waals surface area (Å²) < 4.78 is 40.2. The molecule has 0 radical (unpaired) electrons. The van der Waals surface area contributed by atoms with Gasteiger partial charge in [0.05, 0.1) is 5.56 Å². The van der Waals surface area contributed by atoms with Crippen LogP contribution in [-0.2, 0) is 12.6 Å². The molecule has 3 aromatic rings. The molecule has 3 rings (SSSR count). The monoisotopic (exact) mass is 468 g/mol. The summed E-state index contributed by atoms with van der Waals surface area (Å²) in [5, 5.41) is 3.60. The smallest absolute Gasteiger partial charge is 0.352 e. The van der Waals surface area contributed by atoms with Crippen molar-refractivity contribution in [3.8, 4) is 5.69 Å². The fraction of sp³-hybridized carbons (Fsp3) is 0.182. The molecule has 2 aromatic carbocycles. The molecule has 1 amide bonds. The minimum atomic E-state index is -4.55. The zero-order valence-corrected chi connectivity index (χ0v) is 17.8. The Balaban J connectivity index is 1.83. The summed E-state index contributed by atoms with van der Waals surface area (Å²) >= 11 is 12.0. The number of rotatable bonds is 5. The summed E-state index contributed by atoms with van der Waals surface area (Å²) in [6.07, 6.45) is -4.14. The normalized spacial score (nSPS) is 11.4. The van der Waals surface area contributed by atoms with Crippen LogP contribution in [0.1, 0.15) is 27.2 Å². The van der Waals surface area contributed by atoms with Gasteiger partial charge in [0.1, 0.15) is 5.56 Å². The molecule has 9 heteroatoms. The van der Waals surface area contributed by atoms with Crippen molar-refractivity contribution < 1.29 is 18.0 Å². The Morgan fingerprint density at radius 1 is 1.06 bits per heavy atom. The number of pyridine rings is 1. The molecule has 0 saturated heterocycles. The van der Waals surface area contributed by atoms with Gasteiger partial charge in [0, 0.05) is 28.0 Å². The Morgan fingerprint density at radius 2 is 1.81 bits per heavy atom. The van der Waals surface area contributed by atoms with Gasteiger partial charge < -0.3 is 5.32 Å². The molecule has 0 aliphatic rings. The number of aromatic nitrogens is 1. The van der Waals surface area contributed by atoms with Gasteiger partial charge in [0.25, 0.3) is 11.5 Å². The first-order valence-corrected chi connectivity index (χ1v) is 9.96. The molecule has 4 nitrogen and oxygen atoms in total. The van der Waals surface area contributed by atoms with Crippen molar-refractivity contribution in [2.75, 3.05) is 6.54 Å². The van der Waals surface area contributed by atoms with Gasteiger partial charge in [-0.1, -0.05) is 35.3 Å². The Labute approximate surface area is 186 Å². The summed E-state index contributed by atoms with van der Waals surface area (Å²) in [6.45, 7) is 1.78. The van der Waals surface area contributed by atoms with Crippen LogP contribution in [0.3, 0.4) is 0 Å².